The number of fused-ring (bicyclic) bond motifs is 1. The van der Waals surface area contributed by atoms with Gasteiger partial charge in [0.05, 0.1) is 5.39 Å². The van der Waals surface area contributed by atoms with Crippen LogP contribution in [0.25, 0.3) is 11.0 Å². The summed E-state index contributed by atoms with van der Waals surface area (Å²) in [4.78, 5) is 37.4. The number of likely N-dealkylation sites (tertiary alicyclic amines) is 1. The van der Waals surface area contributed by atoms with Gasteiger partial charge in [0.1, 0.15) is 11.3 Å². The predicted molar refractivity (Wildman–Crippen MR) is 105 cm³/mol. The Morgan fingerprint density at radius 1 is 1.29 bits per heavy atom. The number of hydrogen-bond acceptors (Lipinski definition) is 5. The summed E-state index contributed by atoms with van der Waals surface area (Å²) in [6.45, 7) is 7.32. The highest BCUT2D eigenvalue weighted by Gasteiger charge is 2.20. The fourth-order valence-electron chi connectivity index (χ4n) is 3.48. The lowest BCUT2D eigenvalue weighted by atomic mass is 10.1. The summed E-state index contributed by atoms with van der Waals surface area (Å²) in [5.41, 5.74) is 1.65. The molecule has 1 aromatic carbocycles. The number of ether oxygens (including phenoxy) is 1. The van der Waals surface area contributed by atoms with Crippen LogP contribution in [-0.4, -0.2) is 42.5 Å². The van der Waals surface area contributed by atoms with Gasteiger partial charge < -0.3 is 19.4 Å². The van der Waals surface area contributed by atoms with Crippen LogP contribution < -0.4 is 15.7 Å². The minimum atomic E-state index is -0.704. The van der Waals surface area contributed by atoms with Crippen molar-refractivity contribution >= 4 is 22.8 Å². The Labute approximate surface area is 163 Å². The van der Waals surface area contributed by atoms with Crippen molar-refractivity contribution in [3.63, 3.8) is 0 Å². The Balaban J connectivity index is 1.61. The first kappa shape index (κ1) is 19.9. The number of aryl methyl sites for hydroxylation is 2. The van der Waals surface area contributed by atoms with Crippen LogP contribution in [0.1, 0.15) is 37.3 Å². The fourth-order valence-corrected chi connectivity index (χ4v) is 3.48. The molecule has 1 N–H and O–H groups in total. The summed E-state index contributed by atoms with van der Waals surface area (Å²) in [6, 6.07) is 5.02. The van der Waals surface area contributed by atoms with E-state index in [0.29, 0.717) is 42.6 Å². The van der Waals surface area contributed by atoms with Crippen LogP contribution in [0.5, 0.6) is 5.75 Å². The molecule has 28 heavy (non-hydrogen) atoms. The van der Waals surface area contributed by atoms with Crippen molar-refractivity contribution in [1.29, 1.82) is 0 Å². The predicted octanol–water partition coefficient (Wildman–Crippen LogP) is 2.31. The zero-order valence-electron chi connectivity index (χ0n) is 16.5. The van der Waals surface area contributed by atoms with E-state index in [9.17, 15) is 14.4 Å². The van der Waals surface area contributed by atoms with Gasteiger partial charge in [0.2, 0.25) is 5.91 Å². The maximum absolute atomic E-state index is 12.4. The van der Waals surface area contributed by atoms with Crippen LogP contribution in [0.2, 0.25) is 0 Å². The first-order chi connectivity index (χ1) is 13.3. The van der Waals surface area contributed by atoms with Gasteiger partial charge in [0, 0.05) is 32.1 Å². The maximum atomic E-state index is 12.4. The van der Waals surface area contributed by atoms with Crippen molar-refractivity contribution in [3.05, 3.63) is 39.7 Å². The molecule has 1 aliphatic rings. The average molecular weight is 386 g/mol. The third-order valence-electron chi connectivity index (χ3n) is 4.90. The Kier molecular flexibility index (Phi) is 6.02. The normalized spacial score (nSPS) is 15.1. The summed E-state index contributed by atoms with van der Waals surface area (Å²) >= 11 is 0. The van der Waals surface area contributed by atoms with Crippen LogP contribution in [0.15, 0.2) is 27.4 Å². The Morgan fingerprint density at radius 2 is 2.07 bits per heavy atom. The van der Waals surface area contributed by atoms with E-state index in [1.54, 1.807) is 13.0 Å². The molecule has 0 saturated carbocycles. The van der Waals surface area contributed by atoms with Crippen molar-refractivity contribution in [3.8, 4) is 5.75 Å². The number of hydrogen-bond donors (Lipinski definition) is 1. The molecule has 1 saturated heterocycles. The van der Waals surface area contributed by atoms with Crippen molar-refractivity contribution in [1.82, 2.24) is 10.2 Å². The number of carbonyl (C=O) groups excluding carboxylic acids is 2. The van der Waals surface area contributed by atoms with Crippen molar-refractivity contribution < 1.29 is 18.7 Å². The zero-order chi connectivity index (χ0) is 20.3. The molecule has 2 heterocycles. The average Bonchev–Trinajstić information content (AvgIpc) is 3.02. The van der Waals surface area contributed by atoms with Crippen LogP contribution in [-0.2, 0) is 9.59 Å². The molecule has 1 atom stereocenters. The third-order valence-corrected chi connectivity index (χ3v) is 4.90. The standard InChI is InChI=1S/C21H26N2O5/c1-13-10-16(20-14(2)12-19(25)28-17(20)11-13)27-15(3)21(26)22-7-5-9-23-8-4-6-18(23)24/h10-12,15H,4-9H2,1-3H3,(H,22,26). The van der Waals surface area contributed by atoms with Gasteiger partial charge in [-0.15, -0.1) is 0 Å². The largest absolute Gasteiger partial charge is 0.480 e. The lowest BCUT2D eigenvalue weighted by Gasteiger charge is -2.18. The summed E-state index contributed by atoms with van der Waals surface area (Å²) in [5.74, 6) is 0.482. The number of nitrogens with one attached hydrogen (secondary N) is 1. The summed E-state index contributed by atoms with van der Waals surface area (Å²) in [5, 5.41) is 3.54. The van der Waals surface area contributed by atoms with E-state index in [4.69, 9.17) is 9.15 Å². The first-order valence-electron chi connectivity index (χ1n) is 9.62. The topological polar surface area (TPSA) is 88.9 Å². The molecule has 0 spiro atoms. The Bertz CT molecular complexity index is 950. The van der Waals surface area contributed by atoms with Gasteiger partial charge in [0.25, 0.3) is 5.91 Å². The van der Waals surface area contributed by atoms with Gasteiger partial charge in [-0.2, -0.15) is 0 Å². The van der Waals surface area contributed by atoms with Gasteiger partial charge >= 0.3 is 5.63 Å². The molecule has 1 aromatic heterocycles. The second-order valence-electron chi connectivity index (χ2n) is 7.27. The molecule has 7 heteroatoms. The van der Waals surface area contributed by atoms with Gasteiger partial charge in [-0.3, -0.25) is 9.59 Å². The molecule has 1 aliphatic heterocycles. The monoisotopic (exact) mass is 386 g/mol. The number of rotatable bonds is 7. The molecule has 2 amide bonds. The lowest BCUT2D eigenvalue weighted by Crippen LogP contribution is -2.38. The van der Waals surface area contributed by atoms with E-state index >= 15 is 0 Å². The zero-order valence-corrected chi connectivity index (χ0v) is 16.5. The molecule has 2 aromatic rings. The van der Waals surface area contributed by atoms with Gasteiger partial charge in [-0.1, -0.05) is 0 Å². The van der Waals surface area contributed by atoms with E-state index in [1.807, 2.05) is 24.8 Å². The van der Waals surface area contributed by atoms with Crippen molar-refractivity contribution in [2.45, 2.75) is 46.1 Å². The third kappa shape index (κ3) is 4.52. The molecule has 7 nitrogen and oxygen atoms in total. The second kappa shape index (κ2) is 8.46. The minimum absolute atomic E-state index is 0.191. The summed E-state index contributed by atoms with van der Waals surface area (Å²) in [7, 11) is 0. The molecule has 1 fully saturated rings. The van der Waals surface area contributed by atoms with Crippen LogP contribution in [0.4, 0.5) is 0 Å². The molecule has 0 bridgehead atoms. The molecular formula is C21H26N2O5. The summed E-state index contributed by atoms with van der Waals surface area (Å²) < 4.78 is 11.2. The molecule has 1 unspecified atom stereocenters. The summed E-state index contributed by atoms with van der Waals surface area (Å²) in [6.07, 6.45) is 1.55. The highest BCUT2D eigenvalue weighted by Crippen LogP contribution is 2.30. The van der Waals surface area contributed by atoms with E-state index < -0.39 is 11.7 Å². The van der Waals surface area contributed by atoms with Crippen molar-refractivity contribution in [2.24, 2.45) is 0 Å². The Hall–Kier alpha value is -2.83. The van der Waals surface area contributed by atoms with Gasteiger partial charge in [0.15, 0.2) is 6.10 Å². The molecule has 150 valence electrons. The van der Waals surface area contributed by atoms with Crippen LogP contribution >= 0.6 is 0 Å². The van der Waals surface area contributed by atoms with E-state index in [0.717, 1.165) is 24.1 Å². The molecule has 0 radical (unpaired) electrons. The second-order valence-corrected chi connectivity index (χ2v) is 7.27. The number of carbonyl (C=O) groups is 2. The molecule has 3 rings (SSSR count). The SMILES string of the molecule is Cc1cc(OC(C)C(=O)NCCCN2CCCC2=O)c2c(C)cc(=O)oc2c1. The highest BCUT2D eigenvalue weighted by atomic mass is 16.5. The highest BCUT2D eigenvalue weighted by molar-refractivity contribution is 5.88. The van der Waals surface area contributed by atoms with E-state index in [1.165, 1.54) is 6.07 Å². The number of benzene rings is 1. The number of amides is 2. The fraction of sp³-hybridized carbons (Fsp3) is 0.476. The van der Waals surface area contributed by atoms with E-state index in [-0.39, 0.29) is 11.8 Å². The molecule has 0 aliphatic carbocycles. The van der Waals surface area contributed by atoms with Crippen LogP contribution in [0.3, 0.4) is 0 Å². The minimum Gasteiger partial charge on any atom is -0.480 e. The smallest absolute Gasteiger partial charge is 0.336 e. The Morgan fingerprint density at radius 3 is 2.79 bits per heavy atom. The first-order valence-corrected chi connectivity index (χ1v) is 9.62. The van der Waals surface area contributed by atoms with Gasteiger partial charge in [-0.05, 0) is 56.9 Å². The lowest BCUT2D eigenvalue weighted by molar-refractivity contribution is -0.127. The van der Waals surface area contributed by atoms with E-state index in [2.05, 4.69) is 5.32 Å². The van der Waals surface area contributed by atoms with Gasteiger partial charge in [-0.25, -0.2) is 4.79 Å². The number of nitrogens with zero attached hydrogens (tertiary/aromatic N) is 1. The molecular weight excluding hydrogens is 360 g/mol. The van der Waals surface area contributed by atoms with Crippen molar-refractivity contribution in [2.75, 3.05) is 19.6 Å². The van der Waals surface area contributed by atoms with Crippen LogP contribution in [0, 0.1) is 13.8 Å². The quantitative estimate of drug-likeness (QED) is 0.583. The maximum Gasteiger partial charge on any atom is 0.336 e.